The molecule has 5 nitrogen and oxygen atoms in total. The van der Waals surface area contributed by atoms with Crippen LogP contribution in [-0.2, 0) is 11.1 Å². The number of benzene rings is 1. The number of aliphatic imine (C=N–C) groups is 1. The van der Waals surface area contributed by atoms with Crippen LogP contribution in [0.15, 0.2) is 28.1 Å². The standard InChI is InChI=1S/C9H11NO4S.K/c1-6(11)10-9-7(14-2)4-3-5-8(9)15(12)13;/h3-5H,1-2H3,(H,10,11)(H,12,13);/q;+1/p-1. The summed E-state index contributed by atoms with van der Waals surface area (Å²) in [5, 5.41) is 10.9. The second-order valence-electron chi connectivity index (χ2n) is 2.69. The van der Waals surface area contributed by atoms with Crippen molar-refractivity contribution in [2.75, 3.05) is 7.11 Å². The van der Waals surface area contributed by atoms with E-state index in [2.05, 4.69) is 4.99 Å². The number of ether oxygens (including phenoxy) is 1. The van der Waals surface area contributed by atoms with Gasteiger partial charge in [-0.1, -0.05) is 6.07 Å². The molecular weight excluding hydrogens is 257 g/mol. The summed E-state index contributed by atoms with van der Waals surface area (Å²) >= 11 is -2.19. The molecule has 7 heteroatoms. The smallest absolute Gasteiger partial charge is 0.862 e. The number of nitrogens with zero attached hydrogens (tertiary/aromatic N) is 1. The second kappa shape index (κ2) is 7.54. The van der Waals surface area contributed by atoms with E-state index in [4.69, 9.17) is 9.29 Å². The molecule has 1 aromatic carbocycles. The fraction of sp³-hybridized carbons (Fsp3) is 0.222. The minimum Gasteiger partial charge on any atom is -0.862 e. The molecule has 1 atom stereocenters. The van der Waals surface area contributed by atoms with Crippen molar-refractivity contribution in [3.05, 3.63) is 18.2 Å². The molecule has 0 bridgehead atoms. The van der Waals surface area contributed by atoms with Crippen LogP contribution < -0.4 is 61.2 Å². The number of hydrogen-bond donors (Lipinski definition) is 1. The van der Waals surface area contributed by atoms with Crippen molar-refractivity contribution < 1.29 is 70.0 Å². The summed E-state index contributed by atoms with van der Waals surface area (Å²) in [4.78, 5) is 3.69. The average Bonchev–Trinajstić information content (AvgIpc) is 2.16. The largest absolute Gasteiger partial charge is 1.00 e. The van der Waals surface area contributed by atoms with Crippen molar-refractivity contribution in [1.29, 1.82) is 0 Å². The third-order valence-corrected chi connectivity index (χ3v) is 2.34. The van der Waals surface area contributed by atoms with Gasteiger partial charge in [0.2, 0.25) is 0 Å². The van der Waals surface area contributed by atoms with E-state index in [-0.39, 0.29) is 62.0 Å². The zero-order valence-corrected chi connectivity index (χ0v) is 13.2. The Balaban J connectivity index is 0.00000225. The number of rotatable bonds is 3. The Kier molecular flexibility index (Phi) is 7.65. The van der Waals surface area contributed by atoms with Crippen molar-refractivity contribution in [3.63, 3.8) is 0 Å². The third-order valence-electron chi connectivity index (χ3n) is 1.64. The van der Waals surface area contributed by atoms with Gasteiger partial charge in [-0.3, -0.25) is 4.99 Å². The summed E-state index contributed by atoms with van der Waals surface area (Å²) in [5.41, 5.74) is 0.105. The summed E-state index contributed by atoms with van der Waals surface area (Å²) in [5.74, 6) is -0.156. The van der Waals surface area contributed by atoms with Gasteiger partial charge in [-0.2, -0.15) is 0 Å². The van der Waals surface area contributed by atoms with Crippen LogP contribution in [0.3, 0.4) is 0 Å². The monoisotopic (exact) mass is 267 g/mol. The van der Waals surface area contributed by atoms with Crippen molar-refractivity contribution in [2.45, 2.75) is 11.8 Å². The first-order valence-electron chi connectivity index (χ1n) is 4.06. The summed E-state index contributed by atoms with van der Waals surface area (Å²) in [6.45, 7) is 1.26. The van der Waals surface area contributed by atoms with Gasteiger partial charge in [0.05, 0.1) is 12.0 Å². The topological polar surface area (TPSA) is 82.0 Å². The van der Waals surface area contributed by atoms with Crippen molar-refractivity contribution in [1.82, 2.24) is 0 Å². The molecule has 16 heavy (non-hydrogen) atoms. The third kappa shape index (κ3) is 4.25. The summed E-state index contributed by atoms with van der Waals surface area (Å²) in [7, 11) is 1.40. The van der Waals surface area contributed by atoms with Gasteiger partial charge in [-0.25, -0.2) is 4.21 Å². The molecule has 1 unspecified atom stereocenters. The van der Waals surface area contributed by atoms with Gasteiger partial charge in [0.25, 0.3) is 0 Å². The first kappa shape index (κ1) is 16.2. The molecule has 0 heterocycles. The fourth-order valence-corrected chi connectivity index (χ4v) is 1.58. The molecule has 82 valence electrons. The van der Waals surface area contributed by atoms with Crippen LogP contribution in [-0.4, -0.2) is 21.8 Å². The SMILES string of the molecule is COc1cccc(S(=O)O)c1N=C(C)[O-].[K+]. The van der Waals surface area contributed by atoms with Crippen LogP contribution in [0.1, 0.15) is 6.92 Å². The maximum absolute atomic E-state index is 11.0. The molecule has 0 aliphatic rings. The van der Waals surface area contributed by atoms with E-state index in [1.165, 1.54) is 20.1 Å². The number of hydrogen-bond acceptors (Lipinski definition) is 4. The molecule has 0 amide bonds. The van der Waals surface area contributed by atoms with Crippen LogP contribution in [0.4, 0.5) is 5.69 Å². The Bertz CT molecular complexity index is 418. The van der Waals surface area contributed by atoms with Crippen LogP contribution in [0.25, 0.3) is 0 Å². The predicted molar refractivity (Wildman–Crippen MR) is 54.8 cm³/mol. The quantitative estimate of drug-likeness (QED) is 0.289. The van der Waals surface area contributed by atoms with E-state index < -0.39 is 17.0 Å². The molecule has 0 saturated heterocycles. The maximum Gasteiger partial charge on any atom is 1.00 e. The molecular formula is C9H10KNO4S. The molecule has 1 aromatic rings. The number of methoxy groups -OCH3 is 1. The van der Waals surface area contributed by atoms with E-state index >= 15 is 0 Å². The number of para-hydroxylation sites is 1. The fourth-order valence-electron chi connectivity index (χ4n) is 1.08. The van der Waals surface area contributed by atoms with E-state index in [1.54, 1.807) is 12.1 Å². The Hall–Kier alpha value is 0.236. The van der Waals surface area contributed by atoms with Gasteiger partial charge >= 0.3 is 51.4 Å². The predicted octanol–water partition coefficient (Wildman–Crippen LogP) is -2.31. The summed E-state index contributed by atoms with van der Waals surface area (Å²) in [6, 6.07) is 4.54. The van der Waals surface area contributed by atoms with Crippen molar-refractivity contribution >= 4 is 22.7 Å². The summed E-state index contributed by atoms with van der Waals surface area (Å²) in [6.07, 6.45) is 0. The Morgan fingerprint density at radius 1 is 1.56 bits per heavy atom. The van der Waals surface area contributed by atoms with Crippen LogP contribution >= 0.6 is 0 Å². The molecule has 0 aliphatic heterocycles. The van der Waals surface area contributed by atoms with E-state index in [9.17, 15) is 9.32 Å². The molecule has 0 aromatic heterocycles. The molecule has 1 N–H and O–H groups in total. The molecule has 0 saturated carbocycles. The van der Waals surface area contributed by atoms with Gasteiger partial charge in [0.1, 0.15) is 11.4 Å². The second-order valence-corrected chi connectivity index (χ2v) is 3.63. The van der Waals surface area contributed by atoms with E-state index in [1.807, 2.05) is 0 Å². The van der Waals surface area contributed by atoms with Gasteiger partial charge in [-0.15, -0.1) is 0 Å². The molecule has 0 radical (unpaired) electrons. The van der Waals surface area contributed by atoms with Gasteiger partial charge in [-0.05, 0) is 25.0 Å². The minimum atomic E-state index is -2.19. The van der Waals surface area contributed by atoms with Crippen LogP contribution in [0, 0.1) is 0 Å². The van der Waals surface area contributed by atoms with Crippen molar-refractivity contribution in [3.8, 4) is 5.75 Å². The van der Waals surface area contributed by atoms with Gasteiger partial charge < -0.3 is 14.4 Å². The Morgan fingerprint density at radius 2 is 2.19 bits per heavy atom. The van der Waals surface area contributed by atoms with Gasteiger partial charge in [0, 0.05) is 0 Å². The molecule has 0 spiro atoms. The zero-order valence-electron chi connectivity index (χ0n) is 9.26. The zero-order chi connectivity index (χ0) is 11.4. The van der Waals surface area contributed by atoms with E-state index in [0.29, 0.717) is 5.75 Å². The Morgan fingerprint density at radius 3 is 2.62 bits per heavy atom. The molecule has 0 fully saturated rings. The minimum absolute atomic E-state index is 0. The Labute approximate surface area is 139 Å². The maximum atomic E-state index is 11.0. The van der Waals surface area contributed by atoms with Crippen molar-refractivity contribution in [2.24, 2.45) is 4.99 Å². The first-order valence-corrected chi connectivity index (χ1v) is 5.17. The first-order chi connectivity index (χ1) is 7.06. The molecule has 1 rings (SSSR count). The summed E-state index contributed by atoms with van der Waals surface area (Å²) < 4.78 is 24.9. The van der Waals surface area contributed by atoms with Crippen LogP contribution in [0.2, 0.25) is 0 Å². The van der Waals surface area contributed by atoms with Gasteiger partial charge in [0.15, 0.2) is 11.1 Å². The van der Waals surface area contributed by atoms with E-state index in [0.717, 1.165) is 0 Å². The normalized spacial score (nSPS) is 12.8. The average molecular weight is 267 g/mol. The van der Waals surface area contributed by atoms with Crippen LogP contribution in [0.5, 0.6) is 5.75 Å². The molecule has 0 aliphatic carbocycles.